The van der Waals surface area contributed by atoms with Crippen molar-refractivity contribution >= 4 is 5.97 Å². The molecule has 1 atom stereocenters. The molecular weight excluding hydrogens is 148 g/mol. The van der Waals surface area contributed by atoms with Gasteiger partial charge >= 0.3 is 5.97 Å². The monoisotopic (exact) mass is 156 g/mol. The maximum Gasteiger partial charge on any atom is 0.332 e. The highest BCUT2D eigenvalue weighted by Gasteiger charge is 2.13. The quantitative estimate of drug-likeness (QED) is 0.545. The molecular formula is C6H8N2O3. The minimum absolute atomic E-state index is 0.0648. The van der Waals surface area contributed by atoms with Gasteiger partial charge in [-0.3, -0.25) is 5.10 Å². The number of rotatable bonds is 3. The average molecular weight is 156 g/mol. The maximum atomic E-state index is 10.1. The SMILES string of the molecule is O=C(O)C(O)Cc1ccn[nH]1. The van der Waals surface area contributed by atoms with Crippen LogP contribution in [-0.2, 0) is 11.2 Å². The molecule has 0 aromatic carbocycles. The number of aliphatic hydroxyl groups excluding tert-OH is 1. The Morgan fingerprint density at radius 3 is 3.00 bits per heavy atom. The fraction of sp³-hybridized carbons (Fsp3) is 0.333. The van der Waals surface area contributed by atoms with Gasteiger partial charge in [-0.15, -0.1) is 0 Å². The lowest BCUT2D eigenvalue weighted by atomic mass is 10.2. The van der Waals surface area contributed by atoms with E-state index in [-0.39, 0.29) is 6.42 Å². The van der Waals surface area contributed by atoms with Gasteiger partial charge in [0.05, 0.1) is 0 Å². The third-order valence-electron chi connectivity index (χ3n) is 1.26. The van der Waals surface area contributed by atoms with Crippen molar-refractivity contribution in [2.24, 2.45) is 0 Å². The highest BCUT2D eigenvalue weighted by molar-refractivity contribution is 5.72. The Hall–Kier alpha value is -1.36. The Morgan fingerprint density at radius 1 is 1.82 bits per heavy atom. The van der Waals surface area contributed by atoms with Gasteiger partial charge in [-0.05, 0) is 6.07 Å². The van der Waals surface area contributed by atoms with E-state index < -0.39 is 12.1 Å². The van der Waals surface area contributed by atoms with Gasteiger partial charge in [-0.2, -0.15) is 5.10 Å². The van der Waals surface area contributed by atoms with Crippen molar-refractivity contribution in [3.63, 3.8) is 0 Å². The van der Waals surface area contributed by atoms with Crippen molar-refractivity contribution < 1.29 is 15.0 Å². The molecule has 1 rings (SSSR count). The van der Waals surface area contributed by atoms with Crippen LogP contribution in [0.4, 0.5) is 0 Å². The van der Waals surface area contributed by atoms with Crippen LogP contribution in [0.5, 0.6) is 0 Å². The van der Waals surface area contributed by atoms with E-state index in [9.17, 15) is 4.79 Å². The van der Waals surface area contributed by atoms with Crippen LogP contribution >= 0.6 is 0 Å². The molecule has 0 saturated heterocycles. The van der Waals surface area contributed by atoms with Gasteiger partial charge in [-0.25, -0.2) is 4.79 Å². The van der Waals surface area contributed by atoms with E-state index in [1.165, 1.54) is 6.20 Å². The topological polar surface area (TPSA) is 86.2 Å². The largest absolute Gasteiger partial charge is 0.479 e. The minimum Gasteiger partial charge on any atom is -0.479 e. The third-order valence-corrected chi connectivity index (χ3v) is 1.26. The summed E-state index contributed by atoms with van der Waals surface area (Å²) < 4.78 is 0. The molecule has 0 bridgehead atoms. The molecule has 0 amide bonds. The van der Waals surface area contributed by atoms with E-state index in [2.05, 4.69) is 10.2 Å². The number of carbonyl (C=O) groups is 1. The van der Waals surface area contributed by atoms with Crippen molar-refractivity contribution in [3.8, 4) is 0 Å². The number of aliphatic hydroxyl groups is 1. The summed E-state index contributed by atoms with van der Waals surface area (Å²) in [5.41, 5.74) is 0.611. The average Bonchev–Trinajstić information content (AvgIpc) is 2.39. The summed E-state index contributed by atoms with van der Waals surface area (Å²) >= 11 is 0. The first-order valence-corrected chi connectivity index (χ1v) is 3.09. The second-order valence-corrected chi connectivity index (χ2v) is 2.14. The zero-order chi connectivity index (χ0) is 8.27. The molecule has 0 aliphatic carbocycles. The fourth-order valence-corrected chi connectivity index (χ4v) is 0.694. The van der Waals surface area contributed by atoms with Crippen LogP contribution in [0.25, 0.3) is 0 Å². The first kappa shape index (κ1) is 7.74. The predicted molar refractivity (Wildman–Crippen MR) is 35.9 cm³/mol. The Kier molecular flexibility index (Phi) is 2.22. The van der Waals surface area contributed by atoms with Gasteiger partial charge in [0, 0.05) is 18.3 Å². The molecule has 1 aromatic heterocycles. The highest BCUT2D eigenvalue weighted by Crippen LogP contribution is 1.97. The zero-order valence-corrected chi connectivity index (χ0v) is 5.69. The molecule has 0 fully saturated rings. The molecule has 1 aromatic rings. The Balaban J connectivity index is 2.50. The predicted octanol–water partition coefficient (Wildman–Crippen LogP) is -0.602. The summed E-state index contributed by atoms with van der Waals surface area (Å²) in [7, 11) is 0. The van der Waals surface area contributed by atoms with Gasteiger partial charge in [0.1, 0.15) is 0 Å². The van der Waals surface area contributed by atoms with Gasteiger partial charge in [-0.1, -0.05) is 0 Å². The summed E-state index contributed by atoms with van der Waals surface area (Å²) in [4.78, 5) is 10.1. The molecule has 0 radical (unpaired) electrons. The number of aliphatic carboxylic acids is 1. The number of hydrogen-bond donors (Lipinski definition) is 3. The summed E-state index contributed by atoms with van der Waals surface area (Å²) in [6, 6.07) is 1.62. The number of H-pyrrole nitrogens is 1. The lowest BCUT2D eigenvalue weighted by Gasteiger charge is -2.00. The fourth-order valence-electron chi connectivity index (χ4n) is 0.694. The van der Waals surface area contributed by atoms with Gasteiger partial charge < -0.3 is 10.2 Å². The van der Waals surface area contributed by atoms with E-state index in [4.69, 9.17) is 10.2 Å². The van der Waals surface area contributed by atoms with Crippen molar-refractivity contribution in [2.45, 2.75) is 12.5 Å². The molecule has 5 nitrogen and oxygen atoms in total. The van der Waals surface area contributed by atoms with E-state index >= 15 is 0 Å². The van der Waals surface area contributed by atoms with Crippen molar-refractivity contribution in [1.82, 2.24) is 10.2 Å². The second-order valence-electron chi connectivity index (χ2n) is 2.14. The van der Waals surface area contributed by atoms with Crippen LogP contribution in [0.1, 0.15) is 5.69 Å². The zero-order valence-electron chi connectivity index (χ0n) is 5.69. The molecule has 0 spiro atoms. The van der Waals surface area contributed by atoms with Gasteiger partial charge in [0.15, 0.2) is 6.10 Å². The summed E-state index contributed by atoms with van der Waals surface area (Å²) in [6.07, 6.45) is 0.217. The molecule has 60 valence electrons. The lowest BCUT2D eigenvalue weighted by Crippen LogP contribution is -2.22. The number of carboxylic acid groups (broad SMARTS) is 1. The summed E-state index contributed by atoms with van der Waals surface area (Å²) in [5, 5.41) is 23.3. The summed E-state index contributed by atoms with van der Waals surface area (Å²) in [6.45, 7) is 0. The van der Waals surface area contributed by atoms with Crippen LogP contribution in [0.3, 0.4) is 0 Å². The smallest absolute Gasteiger partial charge is 0.332 e. The van der Waals surface area contributed by atoms with Crippen molar-refractivity contribution in [1.29, 1.82) is 0 Å². The Morgan fingerprint density at radius 2 is 2.55 bits per heavy atom. The van der Waals surface area contributed by atoms with E-state index in [0.717, 1.165) is 0 Å². The van der Waals surface area contributed by atoms with Crippen LogP contribution in [0.15, 0.2) is 12.3 Å². The van der Waals surface area contributed by atoms with Gasteiger partial charge in [0.25, 0.3) is 0 Å². The normalized spacial score (nSPS) is 12.8. The molecule has 3 N–H and O–H groups in total. The first-order valence-electron chi connectivity index (χ1n) is 3.09. The van der Waals surface area contributed by atoms with E-state index in [1.54, 1.807) is 6.07 Å². The van der Waals surface area contributed by atoms with Gasteiger partial charge in [0.2, 0.25) is 0 Å². The first-order chi connectivity index (χ1) is 5.20. The van der Waals surface area contributed by atoms with Crippen LogP contribution < -0.4 is 0 Å². The maximum absolute atomic E-state index is 10.1. The number of aromatic nitrogens is 2. The molecule has 0 saturated carbocycles. The van der Waals surface area contributed by atoms with E-state index in [1.807, 2.05) is 0 Å². The molecule has 1 unspecified atom stereocenters. The molecule has 0 aliphatic heterocycles. The second kappa shape index (κ2) is 3.16. The number of nitrogens with zero attached hydrogens (tertiary/aromatic N) is 1. The number of carboxylic acids is 1. The molecule has 0 aliphatic rings. The van der Waals surface area contributed by atoms with Crippen LogP contribution in [0.2, 0.25) is 0 Å². The van der Waals surface area contributed by atoms with Crippen molar-refractivity contribution in [2.75, 3.05) is 0 Å². The van der Waals surface area contributed by atoms with E-state index in [0.29, 0.717) is 5.69 Å². The lowest BCUT2D eigenvalue weighted by molar-refractivity contribution is -0.146. The number of hydrogen-bond acceptors (Lipinski definition) is 3. The van der Waals surface area contributed by atoms with Crippen molar-refractivity contribution in [3.05, 3.63) is 18.0 Å². The number of aromatic amines is 1. The minimum atomic E-state index is -1.35. The third kappa shape index (κ3) is 2.05. The standard InChI is InChI=1S/C6H8N2O3/c9-5(6(10)11)3-4-1-2-7-8-4/h1-2,5,9H,3H2,(H,7,8)(H,10,11). The molecule has 11 heavy (non-hydrogen) atoms. The van der Waals surface area contributed by atoms with Crippen LogP contribution in [-0.4, -0.2) is 32.5 Å². The Labute approximate surface area is 62.7 Å². The Bertz CT molecular complexity index is 232. The molecule has 5 heteroatoms. The van der Waals surface area contributed by atoms with Crippen LogP contribution in [0, 0.1) is 0 Å². The highest BCUT2D eigenvalue weighted by atomic mass is 16.4. The summed E-state index contributed by atoms with van der Waals surface area (Å²) in [5.74, 6) is -1.22. The number of nitrogens with one attached hydrogen (secondary N) is 1. The molecule has 1 heterocycles.